The van der Waals surface area contributed by atoms with Gasteiger partial charge in [-0.25, -0.2) is 14.7 Å². The van der Waals surface area contributed by atoms with Crippen LogP contribution in [-0.2, 0) is 10.8 Å². The fraction of sp³-hybridized carbons (Fsp3) is 0.140. The van der Waals surface area contributed by atoms with Crippen LogP contribution in [0.15, 0.2) is 231 Å². The molecule has 0 saturated heterocycles. The van der Waals surface area contributed by atoms with Crippen LogP contribution in [0.2, 0.25) is 0 Å². The summed E-state index contributed by atoms with van der Waals surface area (Å²) >= 11 is 0. The predicted octanol–water partition coefficient (Wildman–Crippen LogP) is 18.4. The molecule has 4 aliphatic rings. The van der Waals surface area contributed by atoms with E-state index in [4.69, 9.17) is 18.9 Å². The molecule has 0 spiro atoms. The lowest BCUT2D eigenvalue weighted by Gasteiger charge is -2.26. The summed E-state index contributed by atoms with van der Waals surface area (Å²) in [7, 11) is 1.47. The van der Waals surface area contributed by atoms with Gasteiger partial charge in [-0.05, 0) is 218 Å². The summed E-state index contributed by atoms with van der Waals surface area (Å²) in [5, 5.41) is 0. The highest BCUT2D eigenvalue weighted by molar-refractivity contribution is 6.36. The zero-order chi connectivity index (χ0) is 71.8. The second kappa shape index (κ2) is 25.8. The fourth-order valence-electron chi connectivity index (χ4n) is 13.6. The molecule has 0 atom stereocenters. The number of carbonyl (C=O) groups excluding carboxylic acids is 8. The minimum atomic E-state index is -0.376. The standard InChI is InChI=1S/C46H36N2O6.C40H32N2O6/c1-27-8-6-11-32(24-27)47-42(49)37-22-20-35(25-39(37)44(47)51)53-33-16-12-30(13-17-33)46(4,5)31-14-18-34(19-15-31)54-36-21-23-38-40(26-36)45(52)48(43(38)50)41-28(2)9-7-10-29(41)3;1-23-7-6-8-24(2)35(23)42-38(45)32-20-18-30(22-34(32)39(42)46)48-28-15-11-26(12-16-28)40(3,4)25-9-13-27(14-10-25)47-29-17-19-31-33(21-29)37(44)41(5)36(31)43/h6-26H,1-5H3;6-22H,1-5H3. The van der Waals surface area contributed by atoms with Crippen molar-refractivity contribution in [2.45, 2.75) is 73.1 Å². The maximum atomic E-state index is 13.5. The molecule has 0 fully saturated rings. The Bertz CT molecular complexity index is 5330. The molecular formula is C86H68N4O12. The smallest absolute Gasteiger partial charge is 0.266 e. The van der Waals surface area contributed by atoms with E-state index in [0.717, 1.165) is 55.0 Å². The van der Waals surface area contributed by atoms with Crippen molar-refractivity contribution < 1.29 is 57.3 Å². The highest BCUT2D eigenvalue weighted by Gasteiger charge is 2.41. The Morgan fingerprint density at radius 1 is 0.255 bits per heavy atom. The Balaban J connectivity index is 0.000000174. The lowest BCUT2D eigenvalue weighted by atomic mass is 9.78. The summed E-state index contributed by atoms with van der Waals surface area (Å²) in [5.41, 5.74) is 12.4. The third kappa shape index (κ3) is 11.9. The van der Waals surface area contributed by atoms with E-state index in [1.54, 1.807) is 78.9 Å². The molecular weight excluding hydrogens is 1280 g/mol. The molecule has 11 aromatic carbocycles. The number of rotatable bonds is 15. The number of ether oxygens (including phenoxy) is 4. The van der Waals surface area contributed by atoms with Crippen molar-refractivity contribution >= 4 is 64.3 Å². The Kier molecular flexibility index (Phi) is 16.8. The first-order chi connectivity index (χ1) is 48.8. The van der Waals surface area contributed by atoms with E-state index in [2.05, 4.69) is 27.7 Å². The molecule has 16 heteroatoms. The van der Waals surface area contributed by atoms with Gasteiger partial charge in [-0.3, -0.25) is 43.3 Å². The number of hydrogen-bond acceptors (Lipinski definition) is 12. The van der Waals surface area contributed by atoms with E-state index in [1.165, 1.54) is 21.7 Å². The van der Waals surface area contributed by atoms with Crippen LogP contribution in [0.1, 0.15) is 161 Å². The van der Waals surface area contributed by atoms with Gasteiger partial charge in [0.15, 0.2) is 0 Å². The maximum Gasteiger partial charge on any atom is 0.266 e. The minimum Gasteiger partial charge on any atom is -0.457 e. The first kappa shape index (κ1) is 66.4. The highest BCUT2D eigenvalue weighted by atomic mass is 16.5. The SMILES string of the molecule is Cc1cccc(C)c1N1C(=O)c2ccc(Oc3ccc(C(C)(C)c4ccc(Oc5ccc6c(c5)C(=O)N(C)C6=O)cc4)cc3)cc2C1=O.Cc1cccc(N2C(=O)c3ccc(Oc4ccc(C(C)(C)c5ccc(Oc6ccc7c(c6)C(=O)N(c6c(C)cccc6C)C7=O)cc5)cc4)cc3C2=O)c1. The van der Waals surface area contributed by atoms with Gasteiger partial charge in [0.2, 0.25) is 0 Å². The number of nitrogens with zero attached hydrogens (tertiary/aromatic N) is 4. The summed E-state index contributed by atoms with van der Waals surface area (Å²) in [6, 6.07) is 69.6. The van der Waals surface area contributed by atoms with Gasteiger partial charge in [0.1, 0.15) is 46.0 Å². The van der Waals surface area contributed by atoms with E-state index >= 15 is 0 Å². The van der Waals surface area contributed by atoms with Gasteiger partial charge in [0.25, 0.3) is 47.3 Å². The van der Waals surface area contributed by atoms with Gasteiger partial charge in [-0.1, -0.05) is 125 Å². The van der Waals surface area contributed by atoms with Crippen LogP contribution >= 0.6 is 0 Å². The van der Waals surface area contributed by atoms with E-state index in [1.807, 2.05) is 186 Å². The minimum absolute atomic E-state index is 0.309. The van der Waals surface area contributed by atoms with Crippen LogP contribution < -0.4 is 33.6 Å². The van der Waals surface area contributed by atoms with Gasteiger partial charge < -0.3 is 18.9 Å². The average molecular weight is 1350 g/mol. The predicted molar refractivity (Wildman–Crippen MR) is 389 cm³/mol. The Labute approximate surface area is 589 Å². The van der Waals surface area contributed by atoms with E-state index in [9.17, 15) is 38.4 Å². The highest BCUT2D eigenvalue weighted by Crippen LogP contribution is 2.42. The Hall–Kier alpha value is -12.8. The molecule has 0 radical (unpaired) electrons. The molecule has 4 heterocycles. The van der Waals surface area contributed by atoms with Crippen molar-refractivity contribution in [3.8, 4) is 46.0 Å². The summed E-state index contributed by atoms with van der Waals surface area (Å²) in [6.45, 7) is 18.0. The van der Waals surface area contributed by atoms with Gasteiger partial charge in [-0.15, -0.1) is 0 Å². The average Bonchev–Trinajstić information content (AvgIpc) is 1.61. The molecule has 0 aliphatic carbocycles. The largest absolute Gasteiger partial charge is 0.457 e. The number of hydrogen-bond donors (Lipinski definition) is 0. The molecule has 4 aliphatic heterocycles. The zero-order valence-electron chi connectivity index (χ0n) is 57.6. The number of imide groups is 4. The van der Waals surface area contributed by atoms with Crippen molar-refractivity contribution in [2.24, 2.45) is 0 Å². The van der Waals surface area contributed by atoms with Crippen molar-refractivity contribution in [1.29, 1.82) is 0 Å². The summed E-state index contributed by atoms with van der Waals surface area (Å²) in [6.07, 6.45) is 0. The zero-order valence-corrected chi connectivity index (χ0v) is 57.6. The molecule has 0 bridgehead atoms. The second-order valence-corrected chi connectivity index (χ2v) is 26.9. The number of anilines is 3. The lowest BCUT2D eigenvalue weighted by molar-refractivity contribution is 0.0690. The molecule has 504 valence electrons. The molecule has 0 N–H and O–H groups in total. The number of para-hydroxylation sites is 2. The van der Waals surface area contributed by atoms with E-state index in [-0.39, 0.29) is 58.1 Å². The number of amides is 8. The molecule has 15 rings (SSSR count). The van der Waals surface area contributed by atoms with Gasteiger partial charge in [0, 0.05) is 17.9 Å². The Morgan fingerprint density at radius 3 is 0.814 bits per heavy atom. The molecule has 8 amide bonds. The van der Waals surface area contributed by atoms with Crippen LogP contribution in [0.25, 0.3) is 0 Å². The Morgan fingerprint density at radius 2 is 0.500 bits per heavy atom. The third-order valence-electron chi connectivity index (χ3n) is 19.5. The first-order valence-corrected chi connectivity index (χ1v) is 33.2. The molecule has 0 saturated carbocycles. The number of benzene rings is 11. The van der Waals surface area contributed by atoms with Gasteiger partial charge in [-0.2, -0.15) is 0 Å². The van der Waals surface area contributed by atoms with Crippen LogP contribution in [0.4, 0.5) is 17.1 Å². The monoisotopic (exact) mass is 1350 g/mol. The summed E-state index contributed by atoms with van der Waals surface area (Å²) < 4.78 is 24.4. The number of fused-ring (bicyclic) bond motifs is 4. The van der Waals surface area contributed by atoms with Gasteiger partial charge in [0.05, 0.1) is 61.6 Å². The molecule has 0 aromatic heterocycles. The summed E-state index contributed by atoms with van der Waals surface area (Å²) in [5.74, 6) is 1.47. The fourth-order valence-corrected chi connectivity index (χ4v) is 13.6. The van der Waals surface area contributed by atoms with E-state index < -0.39 is 0 Å². The number of aryl methyl sites for hydroxylation is 5. The van der Waals surface area contributed by atoms with E-state index in [0.29, 0.717) is 108 Å². The second-order valence-electron chi connectivity index (χ2n) is 26.9. The number of carbonyl (C=O) groups is 8. The van der Waals surface area contributed by atoms with Crippen molar-refractivity contribution in [1.82, 2.24) is 4.90 Å². The first-order valence-electron chi connectivity index (χ1n) is 33.2. The molecule has 0 unspecified atom stereocenters. The van der Waals surface area contributed by atoms with Gasteiger partial charge >= 0.3 is 0 Å². The van der Waals surface area contributed by atoms with Crippen molar-refractivity contribution in [3.05, 3.63) is 325 Å². The normalized spacial score (nSPS) is 13.9. The van der Waals surface area contributed by atoms with Crippen molar-refractivity contribution in [2.75, 3.05) is 21.7 Å². The lowest BCUT2D eigenvalue weighted by Crippen LogP contribution is -2.30. The molecule has 16 nitrogen and oxygen atoms in total. The topological polar surface area (TPSA) is 186 Å². The summed E-state index contributed by atoms with van der Waals surface area (Å²) in [4.78, 5) is 109. The van der Waals surface area contributed by atoms with Crippen LogP contribution in [0.5, 0.6) is 46.0 Å². The maximum absolute atomic E-state index is 13.5. The van der Waals surface area contributed by atoms with Crippen LogP contribution in [0, 0.1) is 34.6 Å². The van der Waals surface area contributed by atoms with Crippen LogP contribution in [-0.4, -0.2) is 59.2 Å². The molecule has 102 heavy (non-hydrogen) atoms. The quantitative estimate of drug-likeness (QED) is 0.0886. The van der Waals surface area contributed by atoms with Crippen molar-refractivity contribution in [3.63, 3.8) is 0 Å². The third-order valence-corrected chi connectivity index (χ3v) is 19.5. The van der Waals surface area contributed by atoms with Crippen LogP contribution in [0.3, 0.4) is 0 Å². The molecule has 11 aromatic rings.